The van der Waals surface area contributed by atoms with Crippen molar-refractivity contribution in [3.05, 3.63) is 133 Å². The number of fused-ring (bicyclic) bond motifs is 3. The zero-order valence-corrected chi connectivity index (χ0v) is 20.8. The third kappa shape index (κ3) is 4.00. The maximum atomic E-state index is 5.21. The molecule has 0 unspecified atom stereocenters. The summed E-state index contributed by atoms with van der Waals surface area (Å²) in [7, 11) is 0. The molecule has 0 aliphatic rings. The van der Waals surface area contributed by atoms with Crippen LogP contribution < -0.4 is 0 Å². The van der Waals surface area contributed by atoms with Gasteiger partial charge in [0.25, 0.3) is 0 Å². The number of rotatable bonds is 4. The molecule has 5 aromatic carbocycles. The fraction of sp³-hybridized carbons (Fsp3) is 0. The Morgan fingerprint density at radius 1 is 0.432 bits per heavy atom. The summed E-state index contributed by atoms with van der Waals surface area (Å²) in [6.07, 6.45) is 0. The van der Waals surface area contributed by atoms with Crippen molar-refractivity contribution in [2.45, 2.75) is 0 Å². The molecule has 0 atom stereocenters. The second-order valence-corrected chi connectivity index (χ2v) is 10.1. The summed E-state index contributed by atoms with van der Waals surface area (Å²) in [6.45, 7) is 0. The lowest BCUT2D eigenvalue weighted by Crippen LogP contribution is -1.95. The minimum Gasteiger partial charge on any atom is -0.226 e. The van der Waals surface area contributed by atoms with Crippen LogP contribution in [-0.2, 0) is 0 Å². The van der Waals surface area contributed by atoms with Gasteiger partial charge in [-0.15, -0.1) is 11.3 Å². The Hall–Kier alpha value is -4.60. The summed E-state index contributed by atoms with van der Waals surface area (Å²) in [6, 6.07) is 46.7. The van der Waals surface area contributed by atoms with Crippen LogP contribution in [0, 0.1) is 0 Å². The summed E-state index contributed by atoms with van der Waals surface area (Å²) in [5.41, 5.74) is 8.75. The highest BCUT2D eigenvalue weighted by atomic mass is 32.1. The van der Waals surface area contributed by atoms with E-state index >= 15 is 0 Å². The van der Waals surface area contributed by atoms with Gasteiger partial charge in [0.1, 0.15) is 0 Å². The quantitative estimate of drug-likeness (QED) is 0.245. The summed E-state index contributed by atoms with van der Waals surface area (Å²) in [5, 5.41) is 1.17. The lowest BCUT2D eigenvalue weighted by Gasteiger charge is -2.12. The topological polar surface area (TPSA) is 25.8 Å². The van der Waals surface area contributed by atoms with Crippen LogP contribution in [0.1, 0.15) is 0 Å². The van der Waals surface area contributed by atoms with Crippen LogP contribution in [0.4, 0.5) is 0 Å². The Morgan fingerprint density at radius 3 is 1.57 bits per heavy atom. The molecule has 0 saturated heterocycles. The first-order valence-electron chi connectivity index (χ1n) is 12.3. The number of thiophene rings is 1. The smallest absolute Gasteiger partial charge is 0.160 e. The van der Waals surface area contributed by atoms with E-state index in [1.165, 1.54) is 21.2 Å². The van der Waals surface area contributed by atoms with E-state index < -0.39 is 0 Å². The van der Waals surface area contributed by atoms with Crippen molar-refractivity contribution in [1.29, 1.82) is 0 Å². The molecule has 0 saturated carbocycles. The van der Waals surface area contributed by atoms with Crippen molar-refractivity contribution >= 4 is 31.6 Å². The molecule has 2 nitrogen and oxygen atoms in total. The maximum Gasteiger partial charge on any atom is 0.160 e. The lowest BCUT2D eigenvalue weighted by molar-refractivity contribution is 1.24. The van der Waals surface area contributed by atoms with Crippen molar-refractivity contribution in [2.24, 2.45) is 0 Å². The van der Waals surface area contributed by atoms with E-state index in [1.54, 1.807) is 11.3 Å². The van der Waals surface area contributed by atoms with Gasteiger partial charge in [0.2, 0.25) is 0 Å². The number of hydrogen-bond acceptors (Lipinski definition) is 3. The fourth-order valence-corrected chi connectivity index (χ4v) is 6.02. The minimum atomic E-state index is 0.741. The van der Waals surface area contributed by atoms with Gasteiger partial charge in [-0.25, -0.2) is 9.97 Å². The van der Waals surface area contributed by atoms with E-state index in [1.807, 2.05) is 6.07 Å². The monoisotopic (exact) mass is 490 g/mol. The third-order valence-corrected chi connectivity index (χ3v) is 7.84. The lowest BCUT2D eigenvalue weighted by atomic mass is 9.95. The van der Waals surface area contributed by atoms with Gasteiger partial charge in [-0.3, -0.25) is 0 Å². The molecule has 7 aromatic rings. The van der Waals surface area contributed by atoms with Crippen molar-refractivity contribution in [1.82, 2.24) is 9.97 Å². The molecule has 3 heteroatoms. The molecule has 0 spiro atoms. The first-order valence-corrected chi connectivity index (χ1v) is 13.2. The van der Waals surface area contributed by atoms with Crippen LogP contribution in [0.3, 0.4) is 0 Å². The molecule has 0 amide bonds. The zero-order valence-electron chi connectivity index (χ0n) is 20.0. The van der Waals surface area contributed by atoms with Crippen molar-refractivity contribution in [3.63, 3.8) is 0 Å². The second kappa shape index (κ2) is 9.12. The van der Waals surface area contributed by atoms with E-state index in [2.05, 4.69) is 127 Å². The molecule has 2 heterocycles. The zero-order chi connectivity index (χ0) is 24.6. The van der Waals surface area contributed by atoms with Crippen LogP contribution in [0.2, 0.25) is 0 Å². The fourth-order valence-electron chi connectivity index (χ4n) is 4.86. The molecule has 7 rings (SSSR count). The largest absolute Gasteiger partial charge is 0.226 e. The van der Waals surface area contributed by atoms with Gasteiger partial charge in [0.05, 0.1) is 15.9 Å². The van der Waals surface area contributed by atoms with Gasteiger partial charge in [-0.1, -0.05) is 109 Å². The minimum absolute atomic E-state index is 0.741. The average Bonchev–Trinajstić information content (AvgIpc) is 3.36. The van der Waals surface area contributed by atoms with Gasteiger partial charge in [0.15, 0.2) is 5.82 Å². The maximum absolute atomic E-state index is 5.21. The normalized spacial score (nSPS) is 11.2. The van der Waals surface area contributed by atoms with E-state index in [9.17, 15) is 0 Å². The van der Waals surface area contributed by atoms with Gasteiger partial charge in [-0.2, -0.15) is 0 Å². The van der Waals surface area contributed by atoms with Crippen LogP contribution in [0.5, 0.6) is 0 Å². The predicted octanol–water partition coefficient (Wildman–Crippen LogP) is 9.51. The summed E-state index contributed by atoms with van der Waals surface area (Å²) < 4.78 is 2.35. The second-order valence-electron chi connectivity index (χ2n) is 9.07. The number of aromatic nitrogens is 2. The number of benzene rings is 5. The molecular formula is C34H22N2S. The Kier molecular flexibility index (Phi) is 5.34. The third-order valence-electron chi connectivity index (χ3n) is 6.67. The highest BCUT2D eigenvalue weighted by Crippen LogP contribution is 2.40. The molecule has 0 fully saturated rings. The van der Waals surface area contributed by atoms with Crippen LogP contribution >= 0.6 is 11.3 Å². The Labute approximate surface area is 219 Å². The summed E-state index contributed by atoms with van der Waals surface area (Å²) >= 11 is 1.76. The number of nitrogens with zero attached hydrogens (tertiary/aromatic N) is 2. The molecule has 2 aromatic heterocycles. The Morgan fingerprint density at radius 2 is 0.946 bits per heavy atom. The molecule has 174 valence electrons. The van der Waals surface area contributed by atoms with Crippen molar-refractivity contribution in [3.8, 4) is 44.9 Å². The van der Waals surface area contributed by atoms with Crippen molar-refractivity contribution < 1.29 is 0 Å². The molecule has 0 aliphatic carbocycles. The average molecular weight is 491 g/mol. The predicted molar refractivity (Wildman–Crippen MR) is 157 cm³/mol. The molecular weight excluding hydrogens is 468 g/mol. The molecule has 37 heavy (non-hydrogen) atoms. The SMILES string of the molecule is c1ccc(-c2cc(-c3ccccc3)cc(-c3nc(-c4ccccc4)c4sc5ccccc5c4n3)c2)cc1. The van der Waals surface area contributed by atoms with Gasteiger partial charge < -0.3 is 0 Å². The first kappa shape index (κ1) is 21.7. The Balaban J connectivity index is 1.52. The van der Waals surface area contributed by atoms with Crippen LogP contribution in [0.15, 0.2) is 133 Å². The molecule has 0 aliphatic heterocycles. The first-order chi connectivity index (χ1) is 18.3. The molecule has 0 radical (unpaired) electrons. The Bertz CT molecular complexity index is 1800. The van der Waals surface area contributed by atoms with Crippen molar-refractivity contribution in [2.75, 3.05) is 0 Å². The highest BCUT2D eigenvalue weighted by Gasteiger charge is 2.17. The summed E-state index contributed by atoms with van der Waals surface area (Å²) in [4.78, 5) is 10.4. The van der Waals surface area contributed by atoms with E-state index in [0.29, 0.717) is 0 Å². The van der Waals surface area contributed by atoms with Crippen LogP contribution in [0.25, 0.3) is 65.2 Å². The van der Waals surface area contributed by atoms with E-state index in [-0.39, 0.29) is 0 Å². The highest BCUT2D eigenvalue weighted by molar-refractivity contribution is 7.26. The molecule has 0 bridgehead atoms. The van der Waals surface area contributed by atoms with E-state index in [4.69, 9.17) is 9.97 Å². The van der Waals surface area contributed by atoms with Crippen LogP contribution in [-0.4, -0.2) is 9.97 Å². The molecule has 0 N–H and O–H groups in total. The van der Waals surface area contributed by atoms with Gasteiger partial charge >= 0.3 is 0 Å². The summed E-state index contributed by atoms with van der Waals surface area (Å²) in [5.74, 6) is 0.741. The standard InChI is InChI=1S/C34H22N2S/c1-4-12-23(13-5-1)26-20-27(24-14-6-2-7-15-24)22-28(21-26)34-35-31(25-16-8-3-9-17-25)33-32(36-34)29-18-10-11-19-30(29)37-33/h1-22H. The van der Waals surface area contributed by atoms with Gasteiger partial charge in [0, 0.05) is 21.2 Å². The van der Waals surface area contributed by atoms with E-state index in [0.717, 1.165) is 44.0 Å². The van der Waals surface area contributed by atoms with Gasteiger partial charge in [-0.05, 0) is 46.5 Å². The number of hydrogen-bond donors (Lipinski definition) is 0.